The summed E-state index contributed by atoms with van der Waals surface area (Å²) in [5.41, 5.74) is 1.65. The molecular formula is C19H17Cl2N3O2. The van der Waals surface area contributed by atoms with Gasteiger partial charge in [-0.05, 0) is 41.5 Å². The molecule has 1 saturated carbocycles. The van der Waals surface area contributed by atoms with Crippen LogP contribution < -0.4 is 5.32 Å². The fourth-order valence-electron chi connectivity index (χ4n) is 4.99. The molecule has 3 fully saturated rings. The van der Waals surface area contributed by atoms with E-state index in [9.17, 15) is 4.79 Å². The smallest absolute Gasteiger partial charge is 0.230 e. The van der Waals surface area contributed by atoms with Gasteiger partial charge in [-0.3, -0.25) is 9.78 Å². The molecule has 2 aromatic heterocycles. The Balaban J connectivity index is 1.45. The molecule has 7 heteroatoms. The van der Waals surface area contributed by atoms with Crippen LogP contribution in [0.15, 0.2) is 36.8 Å². The molecule has 2 aromatic rings. The number of pyridine rings is 2. The SMILES string of the molecule is C[C@H]1C2C3OC(C(c4ccncc4)C3C(=O)Nc3cnc(Cl)c(Cl)c3)C21. The van der Waals surface area contributed by atoms with Crippen molar-refractivity contribution in [3.8, 4) is 0 Å². The molecule has 7 atom stereocenters. The highest BCUT2D eigenvalue weighted by Gasteiger charge is 2.72. The van der Waals surface area contributed by atoms with Crippen LogP contribution in [0, 0.1) is 23.7 Å². The predicted octanol–water partition coefficient (Wildman–Crippen LogP) is 3.79. The number of nitrogens with one attached hydrogen (secondary N) is 1. The lowest BCUT2D eigenvalue weighted by Gasteiger charge is -2.27. The standard InChI is InChI=1S/C19H17Cl2N3O2/c1-8-12-13(8)17-15(14(16(12)26-17)9-2-4-22-5-3-9)19(25)24-10-6-11(20)18(21)23-7-10/h2-8,12-17H,1H3,(H,24,25)/t8-,12?,13?,14?,15?,16?,17?/m1/s1. The largest absolute Gasteiger partial charge is 0.373 e. The maximum atomic E-state index is 13.1. The van der Waals surface area contributed by atoms with E-state index in [1.165, 1.54) is 6.20 Å². The van der Waals surface area contributed by atoms with Gasteiger partial charge in [0.1, 0.15) is 5.15 Å². The second kappa shape index (κ2) is 5.91. The van der Waals surface area contributed by atoms with Gasteiger partial charge in [0, 0.05) is 18.3 Å². The van der Waals surface area contributed by atoms with E-state index in [4.69, 9.17) is 27.9 Å². The quantitative estimate of drug-likeness (QED) is 0.811. The predicted molar refractivity (Wildman–Crippen MR) is 98.2 cm³/mol. The third kappa shape index (κ3) is 2.38. The maximum absolute atomic E-state index is 13.1. The van der Waals surface area contributed by atoms with Crippen molar-refractivity contribution in [1.82, 2.24) is 9.97 Å². The van der Waals surface area contributed by atoms with Crippen LogP contribution in [0.2, 0.25) is 10.2 Å². The van der Waals surface area contributed by atoms with Crippen molar-refractivity contribution in [3.05, 3.63) is 52.5 Å². The number of nitrogens with zero attached hydrogens (tertiary/aromatic N) is 2. The van der Waals surface area contributed by atoms with Crippen molar-refractivity contribution in [2.24, 2.45) is 23.7 Å². The molecule has 3 aliphatic rings. The van der Waals surface area contributed by atoms with E-state index < -0.39 is 0 Å². The van der Waals surface area contributed by atoms with Gasteiger partial charge >= 0.3 is 0 Å². The molecule has 1 N–H and O–H groups in total. The van der Waals surface area contributed by atoms with Crippen LogP contribution in [0.4, 0.5) is 5.69 Å². The molecule has 2 aliphatic heterocycles. The van der Waals surface area contributed by atoms with E-state index >= 15 is 0 Å². The van der Waals surface area contributed by atoms with Crippen LogP contribution in [0.25, 0.3) is 0 Å². The summed E-state index contributed by atoms with van der Waals surface area (Å²) in [6.45, 7) is 2.25. The highest BCUT2D eigenvalue weighted by atomic mass is 35.5. The number of hydrogen-bond acceptors (Lipinski definition) is 4. The second-order valence-corrected chi connectivity index (χ2v) is 8.16. The monoisotopic (exact) mass is 389 g/mol. The van der Waals surface area contributed by atoms with Gasteiger partial charge in [-0.2, -0.15) is 0 Å². The minimum Gasteiger partial charge on any atom is -0.373 e. The minimum absolute atomic E-state index is 0.0334. The molecule has 2 bridgehead atoms. The topological polar surface area (TPSA) is 64.1 Å². The number of aromatic nitrogens is 2. The Kier molecular flexibility index (Phi) is 3.75. The number of ether oxygens (including phenoxy) is 1. The van der Waals surface area contributed by atoms with Gasteiger partial charge < -0.3 is 10.1 Å². The van der Waals surface area contributed by atoms with Crippen LogP contribution in [0.3, 0.4) is 0 Å². The van der Waals surface area contributed by atoms with Crippen molar-refractivity contribution >= 4 is 34.8 Å². The molecule has 1 aliphatic carbocycles. The van der Waals surface area contributed by atoms with Crippen molar-refractivity contribution in [2.75, 3.05) is 5.32 Å². The molecule has 0 radical (unpaired) electrons. The molecule has 2 saturated heterocycles. The van der Waals surface area contributed by atoms with Crippen LogP contribution in [0.1, 0.15) is 18.4 Å². The normalized spacial score (nSPS) is 36.7. The van der Waals surface area contributed by atoms with E-state index in [2.05, 4.69) is 22.2 Å². The number of amides is 1. The Morgan fingerprint density at radius 2 is 1.92 bits per heavy atom. The number of anilines is 1. The van der Waals surface area contributed by atoms with E-state index in [1.54, 1.807) is 18.5 Å². The van der Waals surface area contributed by atoms with E-state index in [0.29, 0.717) is 28.5 Å². The Morgan fingerprint density at radius 3 is 2.65 bits per heavy atom. The summed E-state index contributed by atoms with van der Waals surface area (Å²) >= 11 is 11.9. The zero-order chi connectivity index (χ0) is 18.0. The second-order valence-electron chi connectivity index (χ2n) is 7.40. The van der Waals surface area contributed by atoms with Crippen molar-refractivity contribution < 1.29 is 9.53 Å². The molecule has 0 aromatic carbocycles. The Bertz CT molecular complexity index is 878. The highest BCUT2D eigenvalue weighted by Crippen LogP contribution is 2.68. The lowest BCUT2D eigenvalue weighted by molar-refractivity contribution is -0.122. The van der Waals surface area contributed by atoms with Gasteiger partial charge in [-0.25, -0.2) is 4.98 Å². The average molecular weight is 390 g/mol. The third-order valence-corrected chi connectivity index (χ3v) is 6.83. The molecule has 4 heterocycles. The number of hydrogen-bond donors (Lipinski definition) is 1. The number of carbonyl (C=O) groups is 1. The molecule has 5 rings (SSSR count). The van der Waals surface area contributed by atoms with Crippen LogP contribution in [-0.4, -0.2) is 28.1 Å². The first kappa shape index (κ1) is 16.5. The van der Waals surface area contributed by atoms with Gasteiger partial charge in [-0.15, -0.1) is 0 Å². The molecule has 1 amide bonds. The molecule has 134 valence electrons. The zero-order valence-electron chi connectivity index (χ0n) is 14.0. The molecule has 26 heavy (non-hydrogen) atoms. The summed E-state index contributed by atoms with van der Waals surface area (Å²) < 4.78 is 6.24. The van der Waals surface area contributed by atoms with E-state index in [1.807, 2.05) is 12.1 Å². The third-order valence-electron chi connectivity index (χ3n) is 6.14. The van der Waals surface area contributed by atoms with Crippen molar-refractivity contribution in [1.29, 1.82) is 0 Å². The summed E-state index contributed by atoms with van der Waals surface area (Å²) in [7, 11) is 0. The fraction of sp³-hybridized carbons (Fsp3) is 0.421. The summed E-state index contributed by atoms with van der Waals surface area (Å²) in [5.74, 6) is 1.42. The van der Waals surface area contributed by atoms with Gasteiger partial charge in [0.15, 0.2) is 0 Å². The first-order valence-electron chi connectivity index (χ1n) is 8.73. The Morgan fingerprint density at radius 1 is 1.19 bits per heavy atom. The summed E-state index contributed by atoms with van der Waals surface area (Å²) in [4.78, 5) is 21.2. The van der Waals surface area contributed by atoms with Gasteiger partial charge in [-0.1, -0.05) is 30.1 Å². The van der Waals surface area contributed by atoms with Crippen LogP contribution >= 0.6 is 23.2 Å². The highest BCUT2D eigenvalue weighted by molar-refractivity contribution is 6.41. The number of rotatable bonds is 3. The lowest BCUT2D eigenvalue weighted by atomic mass is 9.75. The maximum Gasteiger partial charge on any atom is 0.230 e. The van der Waals surface area contributed by atoms with Crippen LogP contribution in [0.5, 0.6) is 0 Å². The Labute approximate surface area is 161 Å². The van der Waals surface area contributed by atoms with Crippen LogP contribution in [-0.2, 0) is 9.53 Å². The summed E-state index contributed by atoms with van der Waals surface area (Å²) in [5, 5.41) is 3.48. The van der Waals surface area contributed by atoms with Gasteiger partial charge in [0.2, 0.25) is 5.91 Å². The molecular weight excluding hydrogens is 373 g/mol. The van der Waals surface area contributed by atoms with Gasteiger partial charge in [0.05, 0.1) is 35.0 Å². The average Bonchev–Trinajstić information content (AvgIpc) is 3.02. The molecule has 6 unspecified atom stereocenters. The minimum atomic E-state index is -0.233. The fourth-order valence-corrected chi connectivity index (χ4v) is 5.26. The van der Waals surface area contributed by atoms with E-state index in [-0.39, 0.29) is 35.1 Å². The van der Waals surface area contributed by atoms with Gasteiger partial charge in [0.25, 0.3) is 0 Å². The number of halogens is 2. The first-order chi connectivity index (χ1) is 12.6. The first-order valence-corrected chi connectivity index (χ1v) is 9.49. The number of carbonyl (C=O) groups excluding carboxylic acids is 1. The van der Waals surface area contributed by atoms with Crippen molar-refractivity contribution in [2.45, 2.75) is 25.0 Å². The Hall–Kier alpha value is -1.69. The summed E-state index contributed by atoms with van der Waals surface area (Å²) in [6, 6.07) is 5.59. The van der Waals surface area contributed by atoms with Crippen molar-refractivity contribution in [3.63, 3.8) is 0 Å². The number of fused-ring (bicyclic) bond motifs is 5. The lowest BCUT2D eigenvalue weighted by Crippen LogP contribution is -2.37. The van der Waals surface area contributed by atoms with E-state index in [0.717, 1.165) is 5.56 Å². The molecule has 5 nitrogen and oxygen atoms in total. The molecule has 0 spiro atoms. The summed E-state index contributed by atoms with van der Waals surface area (Å²) in [6.07, 6.45) is 5.13. The zero-order valence-corrected chi connectivity index (χ0v) is 15.5.